The third-order valence-electron chi connectivity index (χ3n) is 3.15. The van der Waals surface area contributed by atoms with Crippen LogP contribution in [0.1, 0.15) is 30.5 Å². The Hall–Kier alpha value is -1.51. The Kier molecular flexibility index (Phi) is 5.27. The summed E-state index contributed by atoms with van der Waals surface area (Å²) in [7, 11) is 0. The molecule has 0 aliphatic carbocycles. The van der Waals surface area contributed by atoms with Crippen molar-refractivity contribution in [1.29, 1.82) is 0 Å². The van der Waals surface area contributed by atoms with Gasteiger partial charge in [0.05, 0.1) is 0 Å². The van der Waals surface area contributed by atoms with Gasteiger partial charge in [0.15, 0.2) is 0 Å². The molecule has 0 unspecified atom stereocenters. The summed E-state index contributed by atoms with van der Waals surface area (Å²) < 4.78 is 6.06. The van der Waals surface area contributed by atoms with Crippen molar-refractivity contribution in [3.05, 3.63) is 58.1 Å². The second-order valence-electron chi connectivity index (χ2n) is 5.71. The monoisotopic (exact) mass is 303 g/mol. The molecule has 0 saturated carbocycles. The maximum Gasteiger partial charge on any atom is 0.132 e. The van der Waals surface area contributed by atoms with Gasteiger partial charge in [0.2, 0.25) is 0 Å². The minimum atomic E-state index is 0.415. The van der Waals surface area contributed by atoms with E-state index >= 15 is 0 Å². The van der Waals surface area contributed by atoms with Crippen LogP contribution in [0.25, 0.3) is 0 Å². The molecule has 112 valence electrons. The average molecular weight is 304 g/mol. The van der Waals surface area contributed by atoms with Crippen molar-refractivity contribution in [3.8, 4) is 11.5 Å². The molecule has 2 aromatic rings. The summed E-state index contributed by atoms with van der Waals surface area (Å²) in [5.41, 5.74) is 3.46. The summed E-state index contributed by atoms with van der Waals surface area (Å²) in [6, 6.07) is 12.4. The van der Waals surface area contributed by atoms with Crippen LogP contribution in [0.2, 0.25) is 5.02 Å². The van der Waals surface area contributed by atoms with E-state index in [0.717, 1.165) is 28.6 Å². The van der Waals surface area contributed by atoms with Gasteiger partial charge < -0.3 is 10.1 Å². The van der Waals surface area contributed by atoms with E-state index in [9.17, 15) is 0 Å². The molecule has 0 amide bonds. The van der Waals surface area contributed by atoms with E-state index in [4.69, 9.17) is 16.3 Å². The molecule has 0 aromatic heterocycles. The molecule has 0 bridgehead atoms. The van der Waals surface area contributed by atoms with Crippen molar-refractivity contribution >= 4 is 11.6 Å². The first-order valence-electron chi connectivity index (χ1n) is 7.22. The van der Waals surface area contributed by atoms with Gasteiger partial charge in [0.25, 0.3) is 0 Å². The Morgan fingerprint density at radius 3 is 2.33 bits per heavy atom. The van der Waals surface area contributed by atoms with Crippen LogP contribution in [0.5, 0.6) is 11.5 Å². The fraction of sp³-hybridized carbons (Fsp3) is 0.333. The van der Waals surface area contributed by atoms with Gasteiger partial charge in [-0.1, -0.05) is 31.5 Å². The van der Waals surface area contributed by atoms with Crippen LogP contribution in [-0.2, 0) is 6.54 Å². The lowest BCUT2D eigenvalue weighted by molar-refractivity contribution is 0.469. The van der Waals surface area contributed by atoms with Crippen molar-refractivity contribution in [3.63, 3.8) is 0 Å². The van der Waals surface area contributed by atoms with Crippen LogP contribution in [0.3, 0.4) is 0 Å². The Bertz CT molecular complexity index is 602. The standard InChI is InChI=1S/C18H22ClNO/c1-12(2)20-11-15-10-16(19)5-6-18(15)21-17-8-13(3)7-14(4)9-17/h5-10,12,20H,11H2,1-4H3. The summed E-state index contributed by atoms with van der Waals surface area (Å²) >= 11 is 6.10. The van der Waals surface area contributed by atoms with Crippen molar-refractivity contribution < 1.29 is 4.74 Å². The maximum absolute atomic E-state index is 6.10. The molecule has 1 N–H and O–H groups in total. The lowest BCUT2D eigenvalue weighted by Gasteiger charge is -2.14. The van der Waals surface area contributed by atoms with Crippen molar-refractivity contribution in [2.75, 3.05) is 0 Å². The third kappa shape index (κ3) is 4.76. The first-order chi connectivity index (χ1) is 9.94. The molecular formula is C18H22ClNO. The first-order valence-corrected chi connectivity index (χ1v) is 7.60. The third-order valence-corrected chi connectivity index (χ3v) is 3.38. The van der Waals surface area contributed by atoms with Gasteiger partial charge in [-0.15, -0.1) is 0 Å². The maximum atomic E-state index is 6.10. The predicted molar refractivity (Wildman–Crippen MR) is 89.4 cm³/mol. The molecule has 0 radical (unpaired) electrons. The van der Waals surface area contributed by atoms with Crippen LogP contribution in [-0.4, -0.2) is 6.04 Å². The normalized spacial score (nSPS) is 11.0. The lowest BCUT2D eigenvalue weighted by atomic mass is 10.1. The number of nitrogens with one attached hydrogen (secondary N) is 1. The smallest absolute Gasteiger partial charge is 0.132 e. The molecule has 0 fully saturated rings. The summed E-state index contributed by atoms with van der Waals surface area (Å²) in [6.45, 7) is 9.12. The molecule has 2 aromatic carbocycles. The van der Waals surface area contributed by atoms with Crippen LogP contribution in [0.15, 0.2) is 36.4 Å². The molecule has 0 aliphatic heterocycles. The molecule has 0 atom stereocenters. The van der Waals surface area contributed by atoms with E-state index in [-0.39, 0.29) is 0 Å². The van der Waals surface area contributed by atoms with Gasteiger partial charge in [-0.05, 0) is 55.3 Å². The van der Waals surface area contributed by atoms with Gasteiger partial charge in [-0.3, -0.25) is 0 Å². The van der Waals surface area contributed by atoms with Crippen molar-refractivity contribution in [2.45, 2.75) is 40.3 Å². The summed E-state index contributed by atoms with van der Waals surface area (Å²) in [6.07, 6.45) is 0. The van der Waals surface area contributed by atoms with E-state index in [2.05, 4.69) is 39.1 Å². The molecule has 0 spiro atoms. The molecule has 0 saturated heterocycles. The molecule has 2 rings (SSSR count). The second kappa shape index (κ2) is 6.97. The zero-order valence-electron chi connectivity index (χ0n) is 13.0. The Labute approximate surface area is 132 Å². The first kappa shape index (κ1) is 15.9. The van der Waals surface area contributed by atoms with Crippen LogP contribution in [0, 0.1) is 13.8 Å². The quantitative estimate of drug-likeness (QED) is 0.815. The van der Waals surface area contributed by atoms with Gasteiger partial charge in [0, 0.05) is 23.2 Å². The fourth-order valence-corrected chi connectivity index (χ4v) is 2.41. The topological polar surface area (TPSA) is 21.3 Å². The van der Waals surface area contributed by atoms with Crippen molar-refractivity contribution in [2.24, 2.45) is 0 Å². The van der Waals surface area contributed by atoms with Crippen LogP contribution < -0.4 is 10.1 Å². The molecule has 0 aliphatic rings. The van der Waals surface area contributed by atoms with Crippen molar-refractivity contribution in [1.82, 2.24) is 5.32 Å². The molecular weight excluding hydrogens is 282 g/mol. The summed E-state index contributed by atoms with van der Waals surface area (Å²) in [5.74, 6) is 1.71. The SMILES string of the molecule is Cc1cc(C)cc(Oc2ccc(Cl)cc2CNC(C)C)c1. The number of rotatable bonds is 5. The van der Waals surface area contributed by atoms with Gasteiger partial charge >= 0.3 is 0 Å². The lowest BCUT2D eigenvalue weighted by Crippen LogP contribution is -2.22. The predicted octanol–water partition coefficient (Wildman–Crippen LogP) is 5.25. The number of aryl methyl sites for hydroxylation is 2. The average Bonchev–Trinajstić information content (AvgIpc) is 2.37. The Morgan fingerprint density at radius 1 is 1.05 bits per heavy atom. The highest BCUT2D eigenvalue weighted by Gasteiger charge is 2.07. The number of ether oxygens (including phenoxy) is 1. The van der Waals surface area contributed by atoms with Gasteiger partial charge in [0.1, 0.15) is 11.5 Å². The van der Waals surface area contributed by atoms with E-state index in [0.29, 0.717) is 6.04 Å². The number of halogens is 1. The van der Waals surface area contributed by atoms with Crippen LogP contribution in [0.4, 0.5) is 0 Å². The molecule has 0 heterocycles. The zero-order chi connectivity index (χ0) is 15.4. The van der Waals surface area contributed by atoms with E-state index in [1.165, 1.54) is 11.1 Å². The number of hydrogen-bond acceptors (Lipinski definition) is 2. The fourth-order valence-electron chi connectivity index (χ4n) is 2.22. The second-order valence-corrected chi connectivity index (χ2v) is 6.15. The minimum absolute atomic E-state index is 0.415. The zero-order valence-corrected chi connectivity index (χ0v) is 13.8. The highest BCUT2D eigenvalue weighted by atomic mass is 35.5. The summed E-state index contributed by atoms with van der Waals surface area (Å²) in [5, 5.41) is 4.12. The minimum Gasteiger partial charge on any atom is -0.457 e. The molecule has 21 heavy (non-hydrogen) atoms. The Morgan fingerprint density at radius 2 is 1.71 bits per heavy atom. The molecule has 2 nitrogen and oxygen atoms in total. The largest absolute Gasteiger partial charge is 0.457 e. The molecule has 3 heteroatoms. The number of hydrogen-bond donors (Lipinski definition) is 1. The van der Waals surface area contributed by atoms with Gasteiger partial charge in [-0.2, -0.15) is 0 Å². The highest BCUT2D eigenvalue weighted by Crippen LogP contribution is 2.29. The van der Waals surface area contributed by atoms with Crippen LogP contribution >= 0.6 is 11.6 Å². The number of benzene rings is 2. The van der Waals surface area contributed by atoms with Gasteiger partial charge in [-0.25, -0.2) is 0 Å². The highest BCUT2D eigenvalue weighted by molar-refractivity contribution is 6.30. The van der Waals surface area contributed by atoms with E-state index in [1.807, 2.05) is 30.3 Å². The van der Waals surface area contributed by atoms with E-state index < -0.39 is 0 Å². The summed E-state index contributed by atoms with van der Waals surface area (Å²) in [4.78, 5) is 0. The van der Waals surface area contributed by atoms with E-state index in [1.54, 1.807) is 0 Å². The Balaban J connectivity index is 2.25.